The van der Waals surface area contributed by atoms with Crippen LogP contribution in [0.1, 0.15) is 15.9 Å². The lowest BCUT2D eigenvalue weighted by molar-refractivity contribution is 0.100. The zero-order valence-electron chi connectivity index (χ0n) is 11.5. The summed E-state index contributed by atoms with van der Waals surface area (Å²) in [7, 11) is 3.98. The molecule has 0 aliphatic heterocycles. The van der Waals surface area contributed by atoms with E-state index in [-0.39, 0.29) is 0 Å². The van der Waals surface area contributed by atoms with Gasteiger partial charge in [0.15, 0.2) is 0 Å². The Bertz CT molecular complexity index is 618. The highest BCUT2D eigenvalue weighted by Crippen LogP contribution is 2.27. The normalized spacial score (nSPS) is 10.3. The summed E-state index contributed by atoms with van der Waals surface area (Å²) in [6, 6.07) is 13.8. The molecule has 0 saturated heterocycles. The minimum Gasteiger partial charge on any atom is -0.378 e. The van der Waals surface area contributed by atoms with E-state index in [1.54, 1.807) is 6.07 Å². The van der Waals surface area contributed by atoms with Gasteiger partial charge >= 0.3 is 0 Å². The number of anilines is 1. The second kappa shape index (κ2) is 5.14. The molecule has 0 atom stereocenters. The van der Waals surface area contributed by atoms with Crippen LogP contribution in [0.4, 0.5) is 5.69 Å². The van der Waals surface area contributed by atoms with E-state index < -0.39 is 5.91 Å². The number of primary amides is 1. The van der Waals surface area contributed by atoms with E-state index in [1.165, 1.54) is 0 Å². The minimum atomic E-state index is -0.398. The summed E-state index contributed by atoms with van der Waals surface area (Å²) in [6.07, 6.45) is 0. The lowest BCUT2D eigenvalue weighted by Gasteiger charge is -2.15. The highest BCUT2D eigenvalue weighted by molar-refractivity contribution is 6.00. The van der Waals surface area contributed by atoms with Crippen LogP contribution in [0.3, 0.4) is 0 Å². The van der Waals surface area contributed by atoms with Crippen LogP contribution >= 0.6 is 0 Å². The van der Waals surface area contributed by atoms with Gasteiger partial charge in [-0.25, -0.2) is 0 Å². The van der Waals surface area contributed by atoms with Crippen LogP contribution in [0.5, 0.6) is 0 Å². The lowest BCUT2D eigenvalue weighted by atomic mass is 9.97. The molecule has 0 unspecified atom stereocenters. The first kappa shape index (κ1) is 13.1. The first-order valence-electron chi connectivity index (χ1n) is 6.17. The smallest absolute Gasteiger partial charge is 0.249 e. The summed E-state index contributed by atoms with van der Waals surface area (Å²) in [6.45, 7) is 2.00. The Kier molecular flexibility index (Phi) is 3.56. The molecule has 0 spiro atoms. The van der Waals surface area contributed by atoms with Crippen molar-refractivity contribution in [1.82, 2.24) is 0 Å². The van der Waals surface area contributed by atoms with E-state index in [9.17, 15) is 4.79 Å². The second-order valence-corrected chi connectivity index (χ2v) is 4.86. The van der Waals surface area contributed by atoms with Gasteiger partial charge in [-0.2, -0.15) is 0 Å². The summed E-state index contributed by atoms with van der Waals surface area (Å²) in [5, 5.41) is 0. The molecule has 0 bridgehead atoms. The second-order valence-electron chi connectivity index (χ2n) is 4.86. The molecule has 0 aliphatic rings. The molecule has 0 radical (unpaired) electrons. The minimum absolute atomic E-state index is 0.398. The molecule has 2 aromatic rings. The lowest BCUT2D eigenvalue weighted by Crippen LogP contribution is -2.13. The van der Waals surface area contributed by atoms with Gasteiger partial charge in [0.1, 0.15) is 0 Å². The van der Waals surface area contributed by atoms with Gasteiger partial charge in [0.2, 0.25) is 5.91 Å². The summed E-state index contributed by atoms with van der Waals surface area (Å²) < 4.78 is 0. The van der Waals surface area contributed by atoms with E-state index in [4.69, 9.17) is 5.73 Å². The van der Waals surface area contributed by atoms with Crippen molar-refractivity contribution in [2.24, 2.45) is 5.73 Å². The largest absolute Gasteiger partial charge is 0.378 e. The van der Waals surface area contributed by atoms with Crippen LogP contribution in [-0.2, 0) is 0 Å². The Hall–Kier alpha value is -2.29. The topological polar surface area (TPSA) is 46.3 Å². The summed E-state index contributed by atoms with van der Waals surface area (Å²) >= 11 is 0. The number of carbonyl (C=O) groups excluding carboxylic acids is 1. The van der Waals surface area contributed by atoms with Crippen LogP contribution in [0, 0.1) is 6.92 Å². The Morgan fingerprint density at radius 2 is 1.84 bits per heavy atom. The quantitative estimate of drug-likeness (QED) is 0.915. The fourth-order valence-electron chi connectivity index (χ4n) is 2.06. The predicted octanol–water partition coefficient (Wildman–Crippen LogP) is 2.83. The molecule has 19 heavy (non-hydrogen) atoms. The van der Waals surface area contributed by atoms with Gasteiger partial charge in [-0.15, -0.1) is 0 Å². The van der Waals surface area contributed by atoms with Gasteiger partial charge in [-0.3, -0.25) is 4.79 Å². The summed E-state index contributed by atoms with van der Waals surface area (Å²) in [4.78, 5) is 13.6. The number of nitrogens with two attached hydrogens (primary N) is 1. The van der Waals surface area contributed by atoms with Gasteiger partial charge in [-0.1, -0.05) is 29.8 Å². The SMILES string of the molecule is Cc1ccc(C(N)=O)c(-c2cccc(N(C)C)c2)c1. The molecule has 98 valence electrons. The molecule has 2 aromatic carbocycles. The molecular weight excluding hydrogens is 236 g/mol. The fourth-order valence-corrected chi connectivity index (χ4v) is 2.06. The Morgan fingerprint density at radius 1 is 1.11 bits per heavy atom. The van der Waals surface area contributed by atoms with Gasteiger partial charge in [0.25, 0.3) is 0 Å². The predicted molar refractivity (Wildman–Crippen MR) is 79.5 cm³/mol. The van der Waals surface area contributed by atoms with Crippen molar-refractivity contribution >= 4 is 11.6 Å². The van der Waals surface area contributed by atoms with Crippen molar-refractivity contribution in [3.05, 3.63) is 53.6 Å². The van der Waals surface area contributed by atoms with Crippen molar-refractivity contribution < 1.29 is 4.79 Å². The molecule has 0 aromatic heterocycles. The number of benzene rings is 2. The highest BCUT2D eigenvalue weighted by atomic mass is 16.1. The van der Waals surface area contributed by atoms with Gasteiger partial charge in [0.05, 0.1) is 0 Å². The summed E-state index contributed by atoms with van der Waals surface area (Å²) in [5.41, 5.74) is 10.1. The van der Waals surface area contributed by atoms with Crippen LogP contribution in [-0.4, -0.2) is 20.0 Å². The van der Waals surface area contributed by atoms with Gasteiger partial charge in [0, 0.05) is 25.3 Å². The van der Waals surface area contributed by atoms with E-state index in [0.717, 1.165) is 22.4 Å². The molecule has 3 nitrogen and oxygen atoms in total. The fraction of sp³-hybridized carbons (Fsp3) is 0.188. The van der Waals surface area contributed by atoms with Crippen molar-refractivity contribution in [3.8, 4) is 11.1 Å². The van der Waals surface area contributed by atoms with Gasteiger partial charge < -0.3 is 10.6 Å². The number of hydrogen-bond acceptors (Lipinski definition) is 2. The molecule has 0 saturated carbocycles. The van der Waals surface area contributed by atoms with Crippen LogP contribution in [0.15, 0.2) is 42.5 Å². The Balaban J connectivity index is 2.60. The third kappa shape index (κ3) is 2.76. The number of amides is 1. The maximum Gasteiger partial charge on any atom is 0.249 e. The first-order valence-corrected chi connectivity index (χ1v) is 6.17. The average molecular weight is 254 g/mol. The van der Waals surface area contributed by atoms with Gasteiger partial charge in [-0.05, 0) is 36.2 Å². The summed E-state index contributed by atoms with van der Waals surface area (Å²) in [5.74, 6) is -0.398. The number of aryl methyl sites for hydroxylation is 1. The van der Waals surface area contributed by atoms with E-state index in [0.29, 0.717) is 5.56 Å². The number of carbonyl (C=O) groups is 1. The highest BCUT2D eigenvalue weighted by Gasteiger charge is 2.10. The molecule has 0 aliphatic carbocycles. The number of nitrogens with zero attached hydrogens (tertiary/aromatic N) is 1. The molecular formula is C16H18N2O. The average Bonchev–Trinajstić information content (AvgIpc) is 2.38. The zero-order chi connectivity index (χ0) is 14.0. The maximum atomic E-state index is 11.5. The van der Waals surface area contributed by atoms with Crippen molar-refractivity contribution in [2.45, 2.75) is 6.92 Å². The molecule has 1 amide bonds. The maximum absolute atomic E-state index is 11.5. The molecule has 2 rings (SSSR count). The number of rotatable bonds is 3. The van der Waals surface area contributed by atoms with Crippen molar-refractivity contribution in [2.75, 3.05) is 19.0 Å². The molecule has 3 heteroatoms. The van der Waals surface area contributed by atoms with Crippen LogP contribution in [0.2, 0.25) is 0 Å². The molecule has 0 heterocycles. The molecule has 0 fully saturated rings. The monoisotopic (exact) mass is 254 g/mol. The van der Waals surface area contributed by atoms with Crippen LogP contribution in [0.25, 0.3) is 11.1 Å². The van der Waals surface area contributed by atoms with Crippen molar-refractivity contribution in [3.63, 3.8) is 0 Å². The Labute approximate surface area is 113 Å². The van der Waals surface area contributed by atoms with Crippen molar-refractivity contribution in [1.29, 1.82) is 0 Å². The third-order valence-corrected chi connectivity index (χ3v) is 3.11. The van der Waals surface area contributed by atoms with E-state index >= 15 is 0 Å². The van der Waals surface area contributed by atoms with E-state index in [1.807, 2.05) is 56.3 Å². The standard InChI is InChI=1S/C16H18N2O/c1-11-7-8-14(16(17)19)15(9-11)12-5-4-6-13(10-12)18(2)3/h4-10H,1-3H3,(H2,17,19). The molecule has 2 N–H and O–H groups in total. The Morgan fingerprint density at radius 3 is 2.47 bits per heavy atom. The van der Waals surface area contributed by atoms with E-state index in [2.05, 4.69) is 6.07 Å². The zero-order valence-corrected chi connectivity index (χ0v) is 11.5. The number of hydrogen-bond donors (Lipinski definition) is 1. The third-order valence-electron chi connectivity index (χ3n) is 3.11. The van der Waals surface area contributed by atoms with Crippen LogP contribution < -0.4 is 10.6 Å². The first-order chi connectivity index (χ1) is 8.99.